The molecule has 1 fully saturated rings. The fraction of sp³-hybridized carbons (Fsp3) is 0.429. The van der Waals surface area contributed by atoms with Crippen LogP contribution in [0.25, 0.3) is 0 Å². The molecule has 0 aliphatic carbocycles. The molecule has 28 heavy (non-hydrogen) atoms. The van der Waals surface area contributed by atoms with Gasteiger partial charge in [-0.1, -0.05) is 18.2 Å². The van der Waals surface area contributed by atoms with Gasteiger partial charge >= 0.3 is 6.18 Å². The predicted octanol–water partition coefficient (Wildman–Crippen LogP) is 1.21. The zero-order valence-corrected chi connectivity index (χ0v) is 16.2. The second-order valence-electron chi connectivity index (χ2n) is 7.20. The standard InChI is InChI=1S/C21H25F3N2O2/c1-27-19-5-3-4-17(20(19)28-2)15-26-12-10-25(11-13-26)14-16-6-8-18(9-7-16)21(22,23)24/h3-9H,10-15H2,1-2H3/p+2. The van der Waals surface area contributed by atoms with Gasteiger partial charge in [0.15, 0.2) is 11.5 Å². The van der Waals surface area contributed by atoms with Crippen LogP contribution in [0, 0.1) is 0 Å². The number of hydrogen-bond acceptors (Lipinski definition) is 2. The summed E-state index contributed by atoms with van der Waals surface area (Å²) in [7, 11) is 3.29. The average molecular weight is 396 g/mol. The molecule has 2 aromatic carbocycles. The van der Waals surface area contributed by atoms with Gasteiger partial charge in [0.1, 0.15) is 39.3 Å². The van der Waals surface area contributed by atoms with Crippen LogP contribution in [0.5, 0.6) is 11.5 Å². The summed E-state index contributed by atoms with van der Waals surface area (Å²) in [6, 6.07) is 11.5. The molecule has 2 aromatic rings. The Morgan fingerprint density at radius 1 is 0.821 bits per heavy atom. The first-order valence-corrected chi connectivity index (χ1v) is 9.44. The van der Waals surface area contributed by atoms with E-state index in [1.165, 1.54) is 21.9 Å². The maximum atomic E-state index is 12.7. The molecule has 0 atom stereocenters. The lowest BCUT2D eigenvalue weighted by molar-refractivity contribution is -1.02. The van der Waals surface area contributed by atoms with Gasteiger partial charge in [0.2, 0.25) is 0 Å². The fourth-order valence-corrected chi connectivity index (χ4v) is 3.77. The number of hydrogen-bond donors (Lipinski definition) is 2. The van der Waals surface area contributed by atoms with Crippen LogP contribution in [-0.4, -0.2) is 40.4 Å². The Hall–Kier alpha value is -2.25. The summed E-state index contributed by atoms with van der Waals surface area (Å²) in [5.74, 6) is 1.53. The zero-order valence-electron chi connectivity index (χ0n) is 16.2. The number of ether oxygens (including phenoxy) is 2. The van der Waals surface area contributed by atoms with Gasteiger partial charge in [-0.15, -0.1) is 0 Å². The van der Waals surface area contributed by atoms with E-state index in [1.807, 2.05) is 12.1 Å². The second kappa shape index (κ2) is 8.84. The van der Waals surface area contributed by atoms with Crippen LogP contribution in [0.15, 0.2) is 42.5 Å². The van der Waals surface area contributed by atoms with Gasteiger partial charge in [-0.3, -0.25) is 0 Å². The first-order valence-electron chi connectivity index (χ1n) is 9.44. The summed E-state index contributed by atoms with van der Waals surface area (Å²) >= 11 is 0. The number of benzene rings is 2. The molecule has 2 N–H and O–H groups in total. The highest BCUT2D eigenvalue weighted by Crippen LogP contribution is 2.30. The van der Waals surface area contributed by atoms with Crippen molar-refractivity contribution in [3.05, 3.63) is 59.2 Å². The van der Waals surface area contributed by atoms with Gasteiger partial charge in [-0.2, -0.15) is 13.2 Å². The van der Waals surface area contributed by atoms with E-state index in [4.69, 9.17) is 9.47 Å². The number of piperazine rings is 1. The Balaban J connectivity index is 1.54. The molecule has 0 saturated carbocycles. The summed E-state index contributed by atoms with van der Waals surface area (Å²) in [5.41, 5.74) is 1.48. The summed E-state index contributed by atoms with van der Waals surface area (Å²) in [5, 5.41) is 0. The molecule has 1 saturated heterocycles. The molecule has 1 aliphatic rings. The lowest BCUT2D eigenvalue weighted by Gasteiger charge is -2.30. The Morgan fingerprint density at radius 2 is 1.43 bits per heavy atom. The molecular formula is C21H27F3N2O2+2. The number of rotatable bonds is 6. The third-order valence-electron chi connectivity index (χ3n) is 5.32. The summed E-state index contributed by atoms with van der Waals surface area (Å²) in [6.07, 6.45) is -4.28. The number of halogens is 3. The molecule has 0 unspecified atom stereocenters. The van der Waals surface area contributed by atoms with E-state index in [-0.39, 0.29) is 0 Å². The Morgan fingerprint density at radius 3 is 1.96 bits per heavy atom. The minimum atomic E-state index is -4.28. The predicted molar refractivity (Wildman–Crippen MR) is 99.8 cm³/mol. The van der Waals surface area contributed by atoms with E-state index < -0.39 is 11.7 Å². The van der Waals surface area contributed by atoms with Crippen molar-refractivity contribution in [1.29, 1.82) is 0 Å². The highest BCUT2D eigenvalue weighted by molar-refractivity contribution is 5.46. The Bertz CT molecular complexity index is 770. The van der Waals surface area contributed by atoms with Gasteiger partial charge in [-0.05, 0) is 24.3 Å². The first-order chi connectivity index (χ1) is 13.4. The number of methoxy groups -OCH3 is 2. The molecule has 0 amide bonds. The maximum absolute atomic E-state index is 12.7. The molecule has 0 aromatic heterocycles. The summed E-state index contributed by atoms with van der Waals surface area (Å²) in [6.45, 7) is 5.62. The largest absolute Gasteiger partial charge is 0.493 e. The van der Waals surface area contributed by atoms with Crippen LogP contribution in [0.1, 0.15) is 16.7 Å². The third-order valence-corrected chi connectivity index (χ3v) is 5.32. The van der Waals surface area contributed by atoms with Crippen molar-refractivity contribution in [2.24, 2.45) is 0 Å². The molecule has 0 radical (unpaired) electrons. The molecule has 152 valence electrons. The lowest BCUT2D eigenvalue weighted by Crippen LogP contribution is -3.27. The molecule has 0 spiro atoms. The third kappa shape index (κ3) is 4.97. The molecule has 7 heteroatoms. The average Bonchev–Trinajstić information content (AvgIpc) is 2.69. The smallest absolute Gasteiger partial charge is 0.416 e. The summed E-state index contributed by atoms with van der Waals surface area (Å²) < 4.78 is 48.9. The van der Waals surface area contributed by atoms with Crippen LogP contribution in [0.4, 0.5) is 13.2 Å². The van der Waals surface area contributed by atoms with Crippen LogP contribution >= 0.6 is 0 Å². The Labute approximate surface area is 163 Å². The van der Waals surface area contributed by atoms with Crippen molar-refractivity contribution in [3.63, 3.8) is 0 Å². The van der Waals surface area contributed by atoms with Gasteiger partial charge < -0.3 is 19.3 Å². The molecule has 1 heterocycles. The maximum Gasteiger partial charge on any atom is 0.416 e. The lowest BCUT2D eigenvalue weighted by atomic mass is 10.1. The number of para-hydroxylation sites is 1. The van der Waals surface area contributed by atoms with Crippen molar-refractivity contribution in [1.82, 2.24) is 0 Å². The number of nitrogens with one attached hydrogen (secondary N) is 2. The van der Waals surface area contributed by atoms with Crippen LogP contribution in [-0.2, 0) is 19.3 Å². The van der Waals surface area contributed by atoms with E-state index in [0.29, 0.717) is 0 Å². The molecular weight excluding hydrogens is 369 g/mol. The molecule has 1 aliphatic heterocycles. The fourth-order valence-electron chi connectivity index (χ4n) is 3.77. The molecule has 3 rings (SSSR count). The zero-order chi connectivity index (χ0) is 20.1. The topological polar surface area (TPSA) is 27.3 Å². The SMILES string of the molecule is COc1cccc(C[NH+]2CC[NH+](Cc3ccc(C(F)(F)F)cc3)CC2)c1OC. The highest BCUT2D eigenvalue weighted by atomic mass is 19.4. The van der Waals surface area contributed by atoms with E-state index in [2.05, 4.69) is 6.07 Å². The first kappa shape index (κ1) is 20.5. The van der Waals surface area contributed by atoms with Gasteiger partial charge in [0.05, 0.1) is 25.3 Å². The van der Waals surface area contributed by atoms with Crippen LogP contribution < -0.4 is 19.3 Å². The summed E-state index contributed by atoms with van der Waals surface area (Å²) in [4.78, 5) is 2.88. The minimum Gasteiger partial charge on any atom is -0.493 e. The van der Waals surface area contributed by atoms with Crippen molar-refractivity contribution in [3.8, 4) is 11.5 Å². The van der Waals surface area contributed by atoms with Crippen LogP contribution in [0.2, 0.25) is 0 Å². The minimum absolute atomic E-state index is 0.590. The van der Waals surface area contributed by atoms with Gasteiger partial charge in [0.25, 0.3) is 0 Å². The van der Waals surface area contributed by atoms with Crippen LogP contribution in [0.3, 0.4) is 0 Å². The van der Waals surface area contributed by atoms with Crippen molar-refractivity contribution in [2.75, 3.05) is 40.4 Å². The second-order valence-corrected chi connectivity index (χ2v) is 7.20. The van der Waals surface area contributed by atoms with Crippen molar-refractivity contribution >= 4 is 0 Å². The van der Waals surface area contributed by atoms with E-state index in [9.17, 15) is 13.2 Å². The normalized spacial score (nSPS) is 20.0. The quantitative estimate of drug-likeness (QED) is 0.768. The molecule has 0 bridgehead atoms. The monoisotopic (exact) mass is 396 g/mol. The number of alkyl halides is 3. The van der Waals surface area contributed by atoms with Gasteiger partial charge in [0, 0.05) is 5.56 Å². The van der Waals surface area contributed by atoms with Crippen molar-refractivity contribution in [2.45, 2.75) is 19.3 Å². The Kier molecular flexibility index (Phi) is 6.46. The molecule has 4 nitrogen and oxygen atoms in total. The van der Waals surface area contributed by atoms with E-state index in [1.54, 1.807) is 26.4 Å². The highest BCUT2D eigenvalue weighted by Gasteiger charge is 2.30. The van der Waals surface area contributed by atoms with Gasteiger partial charge in [-0.25, -0.2) is 0 Å². The van der Waals surface area contributed by atoms with Crippen molar-refractivity contribution < 1.29 is 32.4 Å². The van der Waals surface area contributed by atoms with E-state index >= 15 is 0 Å². The van der Waals surface area contributed by atoms with E-state index in [0.717, 1.165) is 61.9 Å². The number of quaternary nitrogens is 2.